The fraction of sp³-hybridized carbons (Fsp3) is 0.571. The van der Waals surface area contributed by atoms with Crippen LogP contribution in [-0.2, 0) is 11.3 Å². The van der Waals surface area contributed by atoms with Crippen LogP contribution in [0.1, 0.15) is 5.56 Å². The maximum atomic E-state index is 9.93. The summed E-state index contributed by atoms with van der Waals surface area (Å²) >= 11 is 0. The van der Waals surface area contributed by atoms with Gasteiger partial charge in [0.05, 0.1) is 19.3 Å². The van der Waals surface area contributed by atoms with E-state index >= 15 is 0 Å². The Morgan fingerprint density at radius 3 is 2.67 bits per heavy atom. The van der Waals surface area contributed by atoms with Crippen LogP contribution < -0.4 is 5.32 Å². The van der Waals surface area contributed by atoms with E-state index in [2.05, 4.69) is 22.3 Å². The predicted octanol–water partition coefficient (Wildman–Crippen LogP) is 0.469. The number of aliphatic hydroxyl groups is 1. The highest BCUT2D eigenvalue weighted by Crippen LogP contribution is 2.00. The molecule has 0 bridgehead atoms. The van der Waals surface area contributed by atoms with E-state index in [0.29, 0.717) is 6.54 Å². The van der Waals surface area contributed by atoms with Crippen LogP contribution in [0.25, 0.3) is 0 Å². The van der Waals surface area contributed by atoms with Crippen molar-refractivity contribution in [3.05, 3.63) is 35.9 Å². The van der Waals surface area contributed by atoms with E-state index in [1.54, 1.807) is 0 Å². The highest BCUT2D eigenvalue weighted by molar-refractivity contribution is 5.14. The highest BCUT2D eigenvalue weighted by atomic mass is 16.5. The topological polar surface area (TPSA) is 44.7 Å². The first-order chi connectivity index (χ1) is 8.84. The van der Waals surface area contributed by atoms with E-state index in [9.17, 15) is 5.11 Å². The third-order valence-corrected chi connectivity index (χ3v) is 3.12. The fourth-order valence-corrected chi connectivity index (χ4v) is 2.13. The van der Waals surface area contributed by atoms with Crippen LogP contribution in [0.15, 0.2) is 30.3 Å². The first-order valence-electron chi connectivity index (χ1n) is 6.57. The summed E-state index contributed by atoms with van der Waals surface area (Å²) < 4.78 is 5.28. The number of β-amino-alcohol motifs (C(OH)–C–C–N with tert-alkyl or cyclic N) is 1. The molecule has 0 radical (unpaired) electrons. The molecule has 1 aromatic rings. The summed E-state index contributed by atoms with van der Waals surface area (Å²) in [5.41, 5.74) is 1.25. The maximum absolute atomic E-state index is 9.93. The lowest BCUT2D eigenvalue weighted by molar-refractivity contribution is 0.0149. The van der Waals surface area contributed by atoms with Gasteiger partial charge in [-0.25, -0.2) is 0 Å². The second-order valence-electron chi connectivity index (χ2n) is 4.68. The number of nitrogens with one attached hydrogen (secondary N) is 1. The van der Waals surface area contributed by atoms with Crippen molar-refractivity contribution in [1.29, 1.82) is 0 Å². The number of benzene rings is 1. The van der Waals surface area contributed by atoms with Gasteiger partial charge in [-0.1, -0.05) is 30.3 Å². The van der Waals surface area contributed by atoms with Gasteiger partial charge in [-0.15, -0.1) is 0 Å². The number of nitrogens with zero attached hydrogens (tertiary/aromatic N) is 1. The van der Waals surface area contributed by atoms with Crippen LogP contribution in [0.2, 0.25) is 0 Å². The summed E-state index contributed by atoms with van der Waals surface area (Å²) in [7, 11) is 0. The molecule has 1 saturated heterocycles. The van der Waals surface area contributed by atoms with Gasteiger partial charge in [-0.3, -0.25) is 4.90 Å². The van der Waals surface area contributed by atoms with Gasteiger partial charge >= 0.3 is 0 Å². The van der Waals surface area contributed by atoms with Crippen LogP contribution in [0.4, 0.5) is 0 Å². The third-order valence-electron chi connectivity index (χ3n) is 3.12. The zero-order valence-electron chi connectivity index (χ0n) is 10.7. The predicted molar refractivity (Wildman–Crippen MR) is 71.4 cm³/mol. The monoisotopic (exact) mass is 250 g/mol. The lowest BCUT2D eigenvalue weighted by Crippen LogP contribution is -2.43. The molecule has 0 aliphatic carbocycles. The van der Waals surface area contributed by atoms with Gasteiger partial charge in [-0.05, 0) is 5.56 Å². The minimum absolute atomic E-state index is 0.313. The average Bonchev–Trinajstić information content (AvgIpc) is 2.41. The van der Waals surface area contributed by atoms with Crippen molar-refractivity contribution < 1.29 is 9.84 Å². The molecule has 0 amide bonds. The summed E-state index contributed by atoms with van der Waals surface area (Å²) in [4.78, 5) is 2.25. The summed E-state index contributed by atoms with van der Waals surface area (Å²) in [6.45, 7) is 5.58. The van der Waals surface area contributed by atoms with E-state index in [4.69, 9.17) is 4.74 Å². The van der Waals surface area contributed by atoms with Gasteiger partial charge in [-0.2, -0.15) is 0 Å². The SMILES string of the molecule is O[C@H](CNCc1ccccc1)CN1CCOCC1. The Morgan fingerprint density at radius 2 is 1.94 bits per heavy atom. The molecule has 0 spiro atoms. The molecule has 1 aliphatic rings. The summed E-state index contributed by atoms with van der Waals surface area (Å²) in [5.74, 6) is 0. The Hall–Kier alpha value is -0.940. The van der Waals surface area contributed by atoms with Crippen molar-refractivity contribution >= 4 is 0 Å². The molecule has 4 heteroatoms. The Kier molecular flexibility index (Phi) is 5.61. The zero-order chi connectivity index (χ0) is 12.6. The Labute approximate surface area is 109 Å². The van der Waals surface area contributed by atoms with Crippen LogP contribution in [0.3, 0.4) is 0 Å². The van der Waals surface area contributed by atoms with E-state index in [1.807, 2.05) is 18.2 Å². The normalized spacial score (nSPS) is 18.7. The quantitative estimate of drug-likeness (QED) is 0.770. The molecule has 1 atom stereocenters. The number of morpholine rings is 1. The molecular formula is C14H22N2O2. The second-order valence-corrected chi connectivity index (χ2v) is 4.68. The molecule has 0 aromatic heterocycles. The first-order valence-corrected chi connectivity index (χ1v) is 6.57. The summed E-state index contributed by atoms with van der Waals surface area (Å²) in [6.07, 6.45) is -0.313. The van der Waals surface area contributed by atoms with Crippen LogP contribution in [0, 0.1) is 0 Å². The van der Waals surface area contributed by atoms with E-state index in [1.165, 1.54) is 5.56 Å². The Morgan fingerprint density at radius 1 is 1.22 bits per heavy atom. The molecule has 100 valence electrons. The molecule has 4 nitrogen and oxygen atoms in total. The number of aliphatic hydroxyl groups excluding tert-OH is 1. The highest BCUT2D eigenvalue weighted by Gasteiger charge is 2.14. The smallest absolute Gasteiger partial charge is 0.0791 e. The van der Waals surface area contributed by atoms with Gasteiger partial charge in [0.1, 0.15) is 0 Å². The fourth-order valence-electron chi connectivity index (χ4n) is 2.13. The van der Waals surface area contributed by atoms with E-state index in [0.717, 1.165) is 39.4 Å². The van der Waals surface area contributed by atoms with E-state index in [-0.39, 0.29) is 6.10 Å². The minimum atomic E-state index is -0.313. The van der Waals surface area contributed by atoms with Gasteiger partial charge in [0, 0.05) is 32.7 Å². The molecule has 18 heavy (non-hydrogen) atoms. The lowest BCUT2D eigenvalue weighted by atomic mass is 10.2. The maximum Gasteiger partial charge on any atom is 0.0791 e. The molecule has 0 saturated carbocycles. The standard InChI is InChI=1S/C14H22N2O2/c17-14(12-16-6-8-18-9-7-16)11-15-10-13-4-2-1-3-5-13/h1-5,14-15,17H,6-12H2/t14-/m1/s1. The lowest BCUT2D eigenvalue weighted by Gasteiger charge is -2.28. The average molecular weight is 250 g/mol. The Bertz CT molecular complexity index is 326. The molecule has 1 aliphatic heterocycles. The molecule has 1 heterocycles. The molecule has 2 N–H and O–H groups in total. The van der Waals surface area contributed by atoms with Crippen molar-refractivity contribution in [3.8, 4) is 0 Å². The number of ether oxygens (including phenoxy) is 1. The molecule has 1 fully saturated rings. The molecule has 0 unspecified atom stereocenters. The van der Waals surface area contributed by atoms with Crippen LogP contribution in [-0.4, -0.2) is 55.5 Å². The zero-order valence-corrected chi connectivity index (χ0v) is 10.7. The van der Waals surface area contributed by atoms with Crippen molar-refractivity contribution in [2.45, 2.75) is 12.6 Å². The third kappa shape index (κ3) is 4.74. The van der Waals surface area contributed by atoms with Gasteiger partial charge < -0.3 is 15.2 Å². The summed E-state index contributed by atoms with van der Waals surface area (Å²) in [6, 6.07) is 10.2. The first kappa shape index (κ1) is 13.5. The minimum Gasteiger partial charge on any atom is -0.390 e. The summed E-state index contributed by atoms with van der Waals surface area (Å²) in [5, 5.41) is 13.2. The van der Waals surface area contributed by atoms with Gasteiger partial charge in [0.15, 0.2) is 0 Å². The Balaban J connectivity index is 1.61. The number of hydrogen-bond donors (Lipinski definition) is 2. The van der Waals surface area contributed by atoms with Crippen molar-refractivity contribution in [3.63, 3.8) is 0 Å². The molecule has 2 rings (SSSR count). The van der Waals surface area contributed by atoms with Crippen molar-refractivity contribution in [2.75, 3.05) is 39.4 Å². The van der Waals surface area contributed by atoms with Crippen LogP contribution in [0.5, 0.6) is 0 Å². The van der Waals surface area contributed by atoms with Crippen molar-refractivity contribution in [2.24, 2.45) is 0 Å². The molecular weight excluding hydrogens is 228 g/mol. The van der Waals surface area contributed by atoms with Crippen LogP contribution >= 0.6 is 0 Å². The van der Waals surface area contributed by atoms with Gasteiger partial charge in [0.2, 0.25) is 0 Å². The number of rotatable bonds is 6. The van der Waals surface area contributed by atoms with Gasteiger partial charge in [0.25, 0.3) is 0 Å². The largest absolute Gasteiger partial charge is 0.390 e. The number of hydrogen-bond acceptors (Lipinski definition) is 4. The molecule has 1 aromatic carbocycles. The van der Waals surface area contributed by atoms with E-state index < -0.39 is 0 Å². The second kappa shape index (κ2) is 7.48. The van der Waals surface area contributed by atoms with Crippen molar-refractivity contribution in [1.82, 2.24) is 10.2 Å².